The van der Waals surface area contributed by atoms with Crippen LogP contribution in [0.4, 0.5) is 0 Å². The summed E-state index contributed by atoms with van der Waals surface area (Å²) >= 11 is 13.0. The molecule has 2 aromatic heterocycles. The molecular weight excluding hydrogens is 355 g/mol. The molecule has 0 unspecified atom stereocenters. The Bertz CT molecular complexity index is 817. The van der Waals surface area contributed by atoms with Crippen LogP contribution in [0.25, 0.3) is 0 Å². The number of nitrogens with one attached hydrogen (secondary N) is 1. The number of thiophene rings is 1. The summed E-state index contributed by atoms with van der Waals surface area (Å²) in [4.78, 5) is 16.0. The quantitative estimate of drug-likeness (QED) is 0.749. The SMILES string of the molecule is O=C(NCc1cccc(Cn2cncn2)c1)c1cc(Cl)sc1Cl. The molecule has 8 heteroatoms. The Morgan fingerprint density at radius 3 is 2.78 bits per heavy atom. The van der Waals surface area contributed by atoms with E-state index < -0.39 is 0 Å². The van der Waals surface area contributed by atoms with Crippen LogP contribution >= 0.6 is 34.5 Å². The number of hydrogen-bond donors (Lipinski definition) is 1. The molecule has 5 nitrogen and oxygen atoms in total. The van der Waals surface area contributed by atoms with E-state index >= 15 is 0 Å². The van der Waals surface area contributed by atoms with Crippen molar-refractivity contribution in [3.05, 3.63) is 68.3 Å². The molecule has 0 bridgehead atoms. The van der Waals surface area contributed by atoms with Gasteiger partial charge in [0, 0.05) is 6.54 Å². The van der Waals surface area contributed by atoms with Crippen LogP contribution in [0.15, 0.2) is 43.0 Å². The zero-order valence-electron chi connectivity index (χ0n) is 11.9. The van der Waals surface area contributed by atoms with Crippen molar-refractivity contribution >= 4 is 40.4 Å². The summed E-state index contributed by atoms with van der Waals surface area (Å²) in [5, 5.41) is 6.92. The monoisotopic (exact) mass is 366 g/mol. The van der Waals surface area contributed by atoms with Gasteiger partial charge >= 0.3 is 0 Å². The lowest BCUT2D eigenvalue weighted by atomic mass is 10.1. The van der Waals surface area contributed by atoms with Gasteiger partial charge in [-0.15, -0.1) is 11.3 Å². The summed E-state index contributed by atoms with van der Waals surface area (Å²) in [6, 6.07) is 9.49. The van der Waals surface area contributed by atoms with E-state index in [1.807, 2.05) is 24.3 Å². The first-order chi connectivity index (χ1) is 11.1. The van der Waals surface area contributed by atoms with Gasteiger partial charge in [0.05, 0.1) is 16.4 Å². The zero-order valence-corrected chi connectivity index (χ0v) is 14.2. The molecule has 0 saturated heterocycles. The van der Waals surface area contributed by atoms with Gasteiger partial charge in [-0.1, -0.05) is 47.5 Å². The number of halogens is 2. The van der Waals surface area contributed by atoms with Crippen molar-refractivity contribution in [2.24, 2.45) is 0 Å². The fourth-order valence-electron chi connectivity index (χ4n) is 2.11. The number of carbonyl (C=O) groups excluding carboxylic acids is 1. The molecule has 0 spiro atoms. The summed E-state index contributed by atoms with van der Waals surface area (Å²) in [5.74, 6) is -0.236. The number of aromatic nitrogens is 3. The van der Waals surface area contributed by atoms with E-state index in [2.05, 4.69) is 15.4 Å². The van der Waals surface area contributed by atoms with Crippen LogP contribution in [-0.2, 0) is 13.1 Å². The smallest absolute Gasteiger partial charge is 0.253 e. The minimum atomic E-state index is -0.236. The summed E-state index contributed by atoms with van der Waals surface area (Å²) in [5.41, 5.74) is 2.48. The molecule has 1 amide bonds. The largest absolute Gasteiger partial charge is 0.348 e. The van der Waals surface area contributed by atoms with Crippen molar-refractivity contribution in [3.63, 3.8) is 0 Å². The van der Waals surface area contributed by atoms with Crippen LogP contribution in [0.1, 0.15) is 21.5 Å². The molecule has 0 saturated carbocycles. The summed E-state index contributed by atoms with van der Waals surface area (Å²) in [6.45, 7) is 1.04. The highest BCUT2D eigenvalue weighted by molar-refractivity contribution is 7.20. The van der Waals surface area contributed by atoms with Crippen molar-refractivity contribution in [2.45, 2.75) is 13.1 Å². The van der Waals surface area contributed by atoms with Gasteiger partial charge in [0.2, 0.25) is 0 Å². The Morgan fingerprint density at radius 2 is 2.09 bits per heavy atom. The molecule has 3 aromatic rings. The van der Waals surface area contributed by atoms with Gasteiger partial charge < -0.3 is 5.32 Å². The molecule has 0 atom stereocenters. The number of benzene rings is 1. The van der Waals surface area contributed by atoms with Crippen molar-refractivity contribution in [1.29, 1.82) is 0 Å². The summed E-state index contributed by atoms with van der Waals surface area (Å²) in [7, 11) is 0. The number of rotatable bonds is 5. The molecule has 0 fully saturated rings. The second-order valence-electron chi connectivity index (χ2n) is 4.83. The average molecular weight is 367 g/mol. The third-order valence-corrected chi connectivity index (χ3v) is 4.64. The Hall–Kier alpha value is -1.89. The Kier molecular flexibility index (Phi) is 4.95. The first-order valence-electron chi connectivity index (χ1n) is 6.75. The lowest BCUT2D eigenvalue weighted by Crippen LogP contribution is -2.22. The van der Waals surface area contributed by atoms with Gasteiger partial charge in [-0.05, 0) is 17.2 Å². The standard InChI is InChI=1S/C15H12Cl2N4OS/c16-13-5-12(14(17)23-13)15(22)19-6-10-2-1-3-11(4-10)7-21-9-18-8-20-21/h1-5,8-9H,6-7H2,(H,19,22). The maximum absolute atomic E-state index is 12.1. The molecule has 2 heterocycles. The number of carbonyl (C=O) groups is 1. The summed E-state index contributed by atoms with van der Waals surface area (Å²) in [6.07, 6.45) is 3.16. The van der Waals surface area contributed by atoms with E-state index in [9.17, 15) is 4.79 Å². The summed E-state index contributed by atoms with van der Waals surface area (Å²) < 4.78 is 2.63. The molecule has 23 heavy (non-hydrogen) atoms. The molecule has 118 valence electrons. The van der Waals surface area contributed by atoms with Crippen LogP contribution in [0.3, 0.4) is 0 Å². The van der Waals surface area contributed by atoms with E-state index in [-0.39, 0.29) is 5.91 Å². The predicted octanol–water partition coefficient (Wildman–Crippen LogP) is 3.62. The molecule has 0 aliphatic heterocycles. The normalized spacial score (nSPS) is 10.7. The zero-order chi connectivity index (χ0) is 16.2. The van der Waals surface area contributed by atoms with E-state index in [0.29, 0.717) is 27.3 Å². The Balaban J connectivity index is 1.64. The minimum Gasteiger partial charge on any atom is -0.348 e. The minimum absolute atomic E-state index is 0.236. The topological polar surface area (TPSA) is 59.8 Å². The number of hydrogen-bond acceptors (Lipinski definition) is 4. The maximum Gasteiger partial charge on any atom is 0.253 e. The van der Waals surface area contributed by atoms with Crippen molar-refractivity contribution in [2.75, 3.05) is 0 Å². The molecular formula is C15H12Cl2N4OS. The van der Waals surface area contributed by atoms with Crippen molar-refractivity contribution in [3.8, 4) is 0 Å². The van der Waals surface area contributed by atoms with Gasteiger partial charge in [0.1, 0.15) is 17.0 Å². The van der Waals surface area contributed by atoms with Crippen LogP contribution in [0, 0.1) is 0 Å². The van der Waals surface area contributed by atoms with Gasteiger partial charge in [0.15, 0.2) is 0 Å². The Morgan fingerprint density at radius 1 is 1.26 bits per heavy atom. The number of nitrogens with zero attached hydrogens (tertiary/aromatic N) is 3. The van der Waals surface area contributed by atoms with Crippen molar-refractivity contribution in [1.82, 2.24) is 20.1 Å². The predicted molar refractivity (Wildman–Crippen MR) is 91.1 cm³/mol. The van der Waals surface area contributed by atoms with E-state index in [1.54, 1.807) is 17.1 Å². The third kappa shape index (κ3) is 4.10. The molecule has 3 rings (SSSR count). The van der Waals surface area contributed by atoms with Gasteiger partial charge in [-0.3, -0.25) is 4.79 Å². The fourth-order valence-corrected chi connectivity index (χ4v) is 3.57. The first kappa shape index (κ1) is 16.0. The van der Waals surface area contributed by atoms with Gasteiger partial charge in [-0.25, -0.2) is 9.67 Å². The van der Waals surface area contributed by atoms with Gasteiger partial charge in [0.25, 0.3) is 5.91 Å². The molecule has 0 aliphatic rings. The first-order valence-corrected chi connectivity index (χ1v) is 8.32. The van der Waals surface area contributed by atoms with E-state index in [4.69, 9.17) is 23.2 Å². The fraction of sp³-hybridized carbons (Fsp3) is 0.133. The highest BCUT2D eigenvalue weighted by atomic mass is 35.5. The maximum atomic E-state index is 12.1. The highest BCUT2D eigenvalue weighted by Gasteiger charge is 2.13. The second kappa shape index (κ2) is 7.12. The third-order valence-electron chi connectivity index (χ3n) is 3.16. The average Bonchev–Trinajstić information content (AvgIpc) is 3.14. The van der Waals surface area contributed by atoms with Crippen LogP contribution in [0.2, 0.25) is 8.67 Å². The van der Waals surface area contributed by atoms with Crippen LogP contribution < -0.4 is 5.32 Å². The van der Waals surface area contributed by atoms with Crippen LogP contribution in [-0.4, -0.2) is 20.7 Å². The Labute approximate surface area is 146 Å². The lowest BCUT2D eigenvalue weighted by molar-refractivity contribution is 0.0951. The van der Waals surface area contributed by atoms with E-state index in [0.717, 1.165) is 11.1 Å². The van der Waals surface area contributed by atoms with Gasteiger partial charge in [-0.2, -0.15) is 5.10 Å². The molecule has 1 aromatic carbocycles. The highest BCUT2D eigenvalue weighted by Crippen LogP contribution is 2.31. The molecule has 0 aliphatic carbocycles. The number of amides is 1. The lowest BCUT2D eigenvalue weighted by Gasteiger charge is -2.07. The van der Waals surface area contributed by atoms with Crippen LogP contribution in [0.5, 0.6) is 0 Å². The molecule has 0 radical (unpaired) electrons. The molecule has 1 N–H and O–H groups in total. The second-order valence-corrected chi connectivity index (χ2v) is 7.12. The van der Waals surface area contributed by atoms with E-state index in [1.165, 1.54) is 17.7 Å². The van der Waals surface area contributed by atoms with Crippen molar-refractivity contribution < 1.29 is 4.79 Å².